The molecule has 1 aromatic rings. The number of hydrogen-bond acceptors (Lipinski definition) is 7. The summed E-state index contributed by atoms with van der Waals surface area (Å²) < 4.78 is 0. The standard InChI is InChI=1S/C11H11N3O7S/c1-6(15)12-8(11(16)17)5-22-10-3-2-7(13(18)19)4-9(10)14(20)21/h2-4,8H,5H2,1H3,(H,12,15)(H,16,17)/t8-/m1/s1. The first kappa shape index (κ1) is 17.4. The molecule has 0 aliphatic carbocycles. The van der Waals surface area contributed by atoms with Crippen molar-refractivity contribution >= 4 is 35.0 Å². The molecule has 118 valence electrons. The molecular weight excluding hydrogens is 318 g/mol. The molecule has 0 aromatic heterocycles. The number of nitrogens with one attached hydrogen (secondary N) is 1. The molecule has 1 rings (SSSR count). The van der Waals surface area contributed by atoms with E-state index in [2.05, 4.69) is 5.32 Å². The summed E-state index contributed by atoms with van der Waals surface area (Å²) in [6.07, 6.45) is 0. The van der Waals surface area contributed by atoms with Crippen molar-refractivity contribution in [3.8, 4) is 0 Å². The minimum Gasteiger partial charge on any atom is -0.480 e. The third-order valence-electron chi connectivity index (χ3n) is 2.43. The van der Waals surface area contributed by atoms with Crippen LogP contribution in [-0.2, 0) is 9.59 Å². The Morgan fingerprint density at radius 2 is 1.95 bits per heavy atom. The van der Waals surface area contributed by atoms with Gasteiger partial charge in [-0.25, -0.2) is 4.79 Å². The first-order chi connectivity index (χ1) is 10.2. The van der Waals surface area contributed by atoms with Crippen molar-refractivity contribution in [1.82, 2.24) is 5.32 Å². The van der Waals surface area contributed by atoms with Crippen LogP contribution < -0.4 is 5.32 Å². The van der Waals surface area contributed by atoms with E-state index in [0.717, 1.165) is 30.8 Å². The molecule has 0 unspecified atom stereocenters. The van der Waals surface area contributed by atoms with E-state index >= 15 is 0 Å². The number of carbonyl (C=O) groups excluding carboxylic acids is 1. The largest absolute Gasteiger partial charge is 0.480 e. The molecule has 10 nitrogen and oxygen atoms in total. The van der Waals surface area contributed by atoms with Crippen molar-refractivity contribution in [2.24, 2.45) is 0 Å². The Kier molecular flexibility index (Phi) is 5.81. The molecule has 22 heavy (non-hydrogen) atoms. The summed E-state index contributed by atoms with van der Waals surface area (Å²) in [5, 5.41) is 32.7. The van der Waals surface area contributed by atoms with Crippen molar-refractivity contribution in [3.63, 3.8) is 0 Å². The Balaban J connectivity index is 2.97. The summed E-state index contributed by atoms with van der Waals surface area (Å²) in [6.45, 7) is 1.15. The lowest BCUT2D eigenvalue weighted by Gasteiger charge is -2.12. The molecule has 0 spiro atoms. The van der Waals surface area contributed by atoms with Gasteiger partial charge >= 0.3 is 5.97 Å². The number of non-ortho nitro benzene ring substituents is 1. The fourth-order valence-electron chi connectivity index (χ4n) is 1.48. The van der Waals surface area contributed by atoms with Crippen LogP contribution in [0.2, 0.25) is 0 Å². The number of rotatable bonds is 7. The van der Waals surface area contributed by atoms with E-state index in [9.17, 15) is 29.8 Å². The molecule has 0 saturated carbocycles. The summed E-state index contributed by atoms with van der Waals surface area (Å²) in [5.74, 6) is -1.99. The number of nitro benzene ring substituents is 2. The molecule has 1 atom stereocenters. The average molecular weight is 329 g/mol. The van der Waals surface area contributed by atoms with E-state index in [1.807, 2.05) is 0 Å². The van der Waals surface area contributed by atoms with Crippen molar-refractivity contribution in [3.05, 3.63) is 38.4 Å². The van der Waals surface area contributed by atoms with E-state index in [1.165, 1.54) is 6.07 Å². The molecular formula is C11H11N3O7S. The molecule has 1 aromatic carbocycles. The number of amides is 1. The highest BCUT2D eigenvalue weighted by Crippen LogP contribution is 2.32. The fourth-order valence-corrected chi connectivity index (χ4v) is 2.49. The number of benzene rings is 1. The average Bonchev–Trinajstić information content (AvgIpc) is 2.42. The number of carboxylic acid groups (broad SMARTS) is 1. The topological polar surface area (TPSA) is 153 Å². The summed E-state index contributed by atoms with van der Waals surface area (Å²) in [5.41, 5.74) is -0.932. The maximum absolute atomic E-state index is 11.0. The highest BCUT2D eigenvalue weighted by atomic mass is 32.2. The minimum atomic E-state index is -1.28. The van der Waals surface area contributed by atoms with Gasteiger partial charge < -0.3 is 10.4 Å². The number of thioether (sulfide) groups is 1. The minimum absolute atomic E-state index is 0.0761. The van der Waals surface area contributed by atoms with Gasteiger partial charge in [0.2, 0.25) is 5.91 Å². The van der Waals surface area contributed by atoms with Crippen LogP contribution in [0.1, 0.15) is 6.92 Å². The van der Waals surface area contributed by atoms with Crippen LogP contribution in [0.3, 0.4) is 0 Å². The van der Waals surface area contributed by atoms with Crippen molar-refractivity contribution in [2.45, 2.75) is 17.9 Å². The predicted octanol–water partition coefficient (Wildman–Crippen LogP) is 1.18. The Morgan fingerprint density at radius 3 is 2.41 bits per heavy atom. The van der Waals surface area contributed by atoms with Crippen LogP contribution in [0.25, 0.3) is 0 Å². The summed E-state index contributed by atoms with van der Waals surface area (Å²) in [4.78, 5) is 41.9. The number of aliphatic carboxylic acids is 1. The van der Waals surface area contributed by atoms with E-state index in [-0.39, 0.29) is 10.6 Å². The number of nitrogens with zero attached hydrogens (tertiary/aromatic N) is 2. The molecule has 0 fully saturated rings. The Bertz CT molecular complexity index is 634. The van der Waals surface area contributed by atoms with E-state index in [1.54, 1.807) is 0 Å². The lowest BCUT2D eigenvalue weighted by atomic mass is 10.3. The Morgan fingerprint density at radius 1 is 1.32 bits per heavy atom. The van der Waals surface area contributed by atoms with Gasteiger partial charge in [0.05, 0.1) is 20.8 Å². The van der Waals surface area contributed by atoms with Gasteiger partial charge in [-0.3, -0.25) is 25.0 Å². The molecule has 0 aliphatic rings. The van der Waals surface area contributed by atoms with Crippen molar-refractivity contribution in [1.29, 1.82) is 0 Å². The maximum Gasteiger partial charge on any atom is 0.327 e. The molecule has 0 heterocycles. The van der Waals surface area contributed by atoms with Crippen LogP contribution in [0, 0.1) is 20.2 Å². The van der Waals surface area contributed by atoms with Gasteiger partial charge in [-0.2, -0.15) is 0 Å². The second kappa shape index (κ2) is 7.36. The van der Waals surface area contributed by atoms with E-state index in [4.69, 9.17) is 5.11 Å². The van der Waals surface area contributed by atoms with Crippen molar-refractivity contribution < 1.29 is 24.5 Å². The maximum atomic E-state index is 11.0. The number of hydrogen-bond donors (Lipinski definition) is 2. The van der Waals surface area contributed by atoms with Crippen LogP contribution in [0.4, 0.5) is 11.4 Å². The summed E-state index contributed by atoms with van der Waals surface area (Å²) in [7, 11) is 0. The van der Waals surface area contributed by atoms with Gasteiger partial charge in [0.1, 0.15) is 6.04 Å². The molecule has 0 aliphatic heterocycles. The number of nitro groups is 2. The normalized spacial score (nSPS) is 11.5. The monoisotopic (exact) mass is 329 g/mol. The van der Waals surface area contributed by atoms with Crippen LogP contribution in [0.15, 0.2) is 23.1 Å². The second-order valence-electron chi connectivity index (χ2n) is 4.07. The van der Waals surface area contributed by atoms with Crippen LogP contribution >= 0.6 is 11.8 Å². The third-order valence-corrected chi connectivity index (χ3v) is 3.59. The Hall–Kier alpha value is -2.69. The van der Waals surface area contributed by atoms with E-state index < -0.39 is 39.1 Å². The molecule has 0 saturated heterocycles. The van der Waals surface area contributed by atoms with Gasteiger partial charge in [-0.05, 0) is 6.07 Å². The first-order valence-electron chi connectivity index (χ1n) is 5.78. The summed E-state index contributed by atoms with van der Waals surface area (Å²) in [6, 6.07) is 1.84. The Labute approximate surface area is 127 Å². The first-order valence-corrected chi connectivity index (χ1v) is 6.76. The van der Waals surface area contributed by atoms with Gasteiger partial charge in [-0.1, -0.05) is 0 Å². The SMILES string of the molecule is CC(=O)N[C@H](CSc1ccc([N+](=O)[O-])cc1[N+](=O)[O-])C(=O)O. The number of carbonyl (C=O) groups is 2. The second-order valence-corrected chi connectivity index (χ2v) is 5.13. The molecule has 1 amide bonds. The summed E-state index contributed by atoms with van der Waals surface area (Å²) >= 11 is 0.814. The number of carboxylic acids is 1. The van der Waals surface area contributed by atoms with Gasteiger partial charge in [-0.15, -0.1) is 11.8 Å². The molecule has 0 bridgehead atoms. The fraction of sp³-hybridized carbons (Fsp3) is 0.273. The molecule has 0 radical (unpaired) electrons. The zero-order valence-electron chi connectivity index (χ0n) is 11.2. The predicted molar refractivity (Wildman–Crippen MR) is 75.7 cm³/mol. The molecule has 2 N–H and O–H groups in total. The van der Waals surface area contributed by atoms with Gasteiger partial charge in [0, 0.05) is 18.7 Å². The smallest absolute Gasteiger partial charge is 0.327 e. The third kappa shape index (κ3) is 4.70. The van der Waals surface area contributed by atoms with Gasteiger partial charge in [0.15, 0.2) is 0 Å². The highest BCUT2D eigenvalue weighted by molar-refractivity contribution is 7.99. The van der Waals surface area contributed by atoms with Crippen LogP contribution in [-0.4, -0.2) is 38.6 Å². The molecule has 11 heteroatoms. The van der Waals surface area contributed by atoms with Gasteiger partial charge in [0.25, 0.3) is 11.4 Å². The van der Waals surface area contributed by atoms with Crippen LogP contribution in [0.5, 0.6) is 0 Å². The van der Waals surface area contributed by atoms with E-state index in [0.29, 0.717) is 0 Å². The van der Waals surface area contributed by atoms with Crippen molar-refractivity contribution in [2.75, 3.05) is 5.75 Å². The lowest BCUT2D eigenvalue weighted by molar-refractivity contribution is -0.396. The lowest BCUT2D eigenvalue weighted by Crippen LogP contribution is -2.41. The zero-order chi connectivity index (χ0) is 16.9. The highest BCUT2D eigenvalue weighted by Gasteiger charge is 2.23. The quantitative estimate of drug-likeness (QED) is 0.429. The zero-order valence-corrected chi connectivity index (χ0v) is 12.0.